The van der Waals surface area contributed by atoms with E-state index in [1.165, 1.54) is 11.1 Å². The molecule has 0 radical (unpaired) electrons. The predicted octanol–water partition coefficient (Wildman–Crippen LogP) is 3.47. The Balaban J connectivity index is 1.79. The van der Waals surface area contributed by atoms with E-state index in [0.717, 1.165) is 18.8 Å². The molecule has 1 aliphatic heterocycles. The maximum Gasteiger partial charge on any atom is 0.330 e. The summed E-state index contributed by atoms with van der Waals surface area (Å²) in [5.41, 5.74) is 2.94. The molecule has 1 saturated heterocycles. The first-order valence-electron chi connectivity index (χ1n) is 8.80. The number of anilines is 1. The van der Waals surface area contributed by atoms with Crippen LogP contribution in [0.3, 0.4) is 0 Å². The van der Waals surface area contributed by atoms with Crippen LogP contribution in [0.4, 0.5) is 5.69 Å². The van der Waals surface area contributed by atoms with Gasteiger partial charge in [0.25, 0.3) is 0 Å². The number of ether oxygens (including phenoxy) is 1. The van der Waals surface area contributed by atoms with Crippen LogP contribution in [-0.2, 0) is 9.53 Å². The molecule has 4 nitrogen and oxygen atoms in total. The van der Waals surface area contributed by atoms with E-state index in [1.807, 2.05) is 39.0 Å². The fourth-order valence-corrected chi connectivity index (χ4v) is 3.07. The lowest BCUT2D eigenvalue weighted by Gasteiger charge is -2.37. The van der Waals surface area contributed by atoms with Crippen molar-refractivity contribution in [3.8, 4) is 11.1 Å². The molecule has 1 N–H and O–H groups in total. The largest absolute Gasteiger partial charge is 0.458 e. The molecule has 1 fully saturated rings. The molecule has 3 rings (SSSR count). The van der Waals surface area contributed by atoms with Crippen LogP contribution in [0.15, 0.2) is 54.6 Å². The molecule has 0 saturated carbocycles. The Morgan fingerprint density at radius 3 is 2.32 bits per heavy atom. The van der Waals surface area contributed by atoms with Gasteiger partial charge in [-0.1, -0.05) is 42.5 Å². The molecule has 1 atom stereocenters. The number of esters is 1. The zero-order valence-corrected chi connectivity index (χ0v) is 15.2. The first kappa shape index (κ1) is 17.5. The Labute approximate surface area is 149 Å². The minimum Gasteiger partial charge on any atom is -0.458 e. The Morgan fingerprint density at radius 2 is 1.68 bits per heavy atom. The van der Waals surface area contributed by atoms with Crippen LogP contribution in [0.25, 0.3) is 11.1 Å². The molecule has 0 bridgehead atoms. The van der Waals surface area contributed by atoms with E-state index in [-0.39, 0.29) is 12.0 Å². The number of rotatable bonds is 3. The Hall–Kier alpha value is -2.33. The van der Waals surface area contributed by atoms with E-state index in [1.54, 1.807) is 0 Å². The second-order valence-electron chi connectivity index (χ2n) is 7.36. The summed E-state index contributed by atoms with van der Waals surface area (Å²) in [7, 11) is 0. The molecule has 0 amide bonds. The zero-order valence-electron chi connectivity index (χ0n) is 15.2. The van der Waals surface area contributed by atoms with E-state index >= 15 is 0 Å². The minimum absolute atomic E-state index is 0.174. The van der Waals surface area contributed by atoms with Gasteiger partial charge in [0.05, 0.1) is 0 Å². The fourth-order valence-electron chi connectivity index (χ4n) is 3.07. The number of benzene rings is 2. The van der Waals surface area contributed by atoms with Crippen LogP contribution in [0.1, 0.15) is 20.8 Å². The number of carbonyl (C=O) groups excluding carboxylic acids is 1. The number of hydrogen-bond acceptors (Lipinski definition) is 4. The summed E-state index contributed by atoms with van der Waals surface area (Å²) in [4.78, 5) is 14.7. The molecule has 132 valence electrons. The van der Waals surface area contributed by atoms with E-state index in [9.17, 15) is 4.79 Å². The average Bonchev–Trinajstić information content (AvgIpc) is 2.61. The SMILES string of the molecule is CC(C)(C)OC(=O)C1CNCCN1c1ccc(-c2ccccc2)cc1. The van der Waals surface area contributed by atoms with Gasteiger partial charge in [0.15, 0.2) is 0 Å². The minimum atomic E-state index is -0.475. The highest BCUT2D eigenvalue weighted by atomic mass is 16.6. The van der Waals surface area contributed by atoms with E-state index in [2.05, 4.69) is 46.6 Å². The lowest BCUT2D eigenvalue weighted by molar-refractivity contribution is -0.156. The van der Waals surface area contributed by atoms with E-state index in [4.69, 9.17) is 4.74 Å². The monoisotopic (exact) mass is 338 g/mol. The molecular formula is C21H26N2O2. The van der Waals surface area contributed by atoms with Crippen molar-refractivity contribution in [2.45, 2.75) is 32.4 Å². The Bertz CT molecular complexity index is 705. The quantitative estimate of drug-likeness (QED) is 0.870. The summed E-state index contributed by atoms with van der Waals surface area (Å²) in [5, 5.41) is 3.30. The molecule has 2 aromatic rings. The van der Waals surface area contributed by atoms with Gasteiger partial charge in [-0.3, -0.25) is 0 Å². The van der Waals surface area contributed by atoms with Gasteiger partial charge >= 0.3 is 5.97 Å². The summed E-state index contributed by atoms with van der Waals surface area (Å²) in [6.45, 7) is 7.96. The molecular weight excluding hydrogens is 312 g/mol. The first-order valence-corrected chi connectivity index (χ1v) is 8.80. The maximum absolute atomic E-state index is 12.6. The summed E-state index contributed by atoms with van der Waals surface area (Å²) in [6.07, 6.45) is 0. The highest BCUT2D eigenvalue weighted by Crippen LogP contribution is 2.25. The molecule has 0 aliphatic carbocycles. The van der Waals surface area contributed by atoms with Crippen LogP contribution < -0.4 is 10.2 Å². The second-order valence-corrected chi connectivity index (χ2v) is 7.36. The van der Waals surface area contributed by atoms with Crippen LogP contribution >= 0.6 is 0 Å². The maximum atomic E-state index is 12.6. The molecule has 2 aromatic carbocycles. The normalized spacial score (nSPS) is 18.0. The van der Waals surface area contributed by atoms with Crippen LogP contribution in [0.5, 0.6) is 0 Å². The average molecular weight is 338 g/mol. The highest BCUT2D eigenvalue weighted by molar-refractivity contribution is 5.81. The van der Waals surface area contributed by atoms with Crippen molar-refractivity contribution in [1.29, 1.82) is 0 Å². The molecule has 1 aliphatic rings. The van der Waals surface area contributed by atoms with Gasteiger partial charge < -0.3 is 15.0 Å². The molecule has 25 heavy (non-hydrogen) atoms. The molecule has 1 heterocycles. The summed E-state index contributed by atoms with van der Waals surface area (Å²) in [5.74, 6) is -0.174. The molecule has 1 unspecified atom stereocenters. The third-order valence-electron chi connectivity index (χ3n) is 4.23. The van der Waals surface area contributed by atoms with Crippen molar-refractivity contribution in [2.75, 3.05) is 24.5 Å². The van der Waals surface area contributed by atoms with Gasteiger partial charge in [-0.15, -0.1) is 0 Å². The van der Waals surface area contributed by atoms with Crippen LogP contribution in [0, 0.1) is 0 Å². The smallest absolute Gasteiger partial charge is 0.330 e. The van der Waals surface area contributed by atoms with Crippen LogP contribution in [-0.4, -0.2) is 37.2 Å². The van der Waals surface area contributed by atoms with Crippen molar-refractivity contribution >= 4 is 11.7 Å². The topological polar surface area (TPSA) is 41.6 Å². The Kier molecular flexibility index (Phi) is 5.09. The number of piperazine rings is 1. The van der Waals surface area contributed by atoms with Crippen molar-refractivity contribution in [3.05, 3.63) is 54.6 Å². The standard InChI is InChI=1S/C21H26N2O2/c1-21(2,3)25-20(24)19-15-22-13-14-23(19)18-11-9-17(10-12-18)16-7-5-4-6-8-16/h4-12,19,22H,13-15H2,1-3H3. The predicted molar refractivity (Wildman–Crippen MR) is 102 cm³/mol. The molecule has 0 aromatic heterocycles. The molecule has 0 spiro atoms. The van der Waals surface area contributed by atoms with Crippen molar-refractivity contribution < 1.29 is 9.53 Å². The Morgan fingerprint density at radius 1 is 1.04 bits per heavy atom. The third-order valence-corrected chi connectivity index (χ3v) is 4.23. The lowest BCUT2D eigenvalue weighted by atomic mass is 10.0. The van der Waals surface area contributed by atoms with Gasteiger partial charge in [0.1, 0.15) is 11.6 Å². The van der Waals surface area contributed by atoms with Crippen molar-refractivity contribution in [3.63, 3.8) is 0 Å². The van der Waals surface area contributed by atoms with Crippen molar-refractivity contribution in [1.82, 2.24) is 5.32 Å². The lowest BCUT2D eigenvalue weighted by Crippen LogP contribution is -2.56. The fraction of sp³-hybridized carbons (Fsp3) is 0.381. The second kappa shape index (κ2) is 7.28. The van der Waals surface area contributed by atoms with E-state index < -0.39 is 5.60 Å². The van der Waals surface area contributed by atoms with Gasteiger partial charge in [-0.25, -0.2) is 4.79 Å². The van der Waals surface area contributed by atoms with Gasteiger partial charge in [0.2, 0.25) is 0 Å². The van der Waals surface area contributed by atoms with E-state index in [0.29, 0.717) is 6.54 Å². The number of carbonyl (C=O) groups is 1. The van der Waals surface area contributed by atoms with Crippen LogP contribution in [0.2, 0.25) is 0 Å². The zero-order chi connectivity index (χ0) is 17.9. The third kappa shape index (κ3) is 4.40. The van der Waals surface area contributed by atoms with Gasteiger partial charge in [-0.2, -0.15) is 0 Å². The number of hydrogen-bond donors (Lipinski definition) is 1. The highest BCUT2D eigenvalue weighted by Gasteiger charge is 2.32. The summed E-state index contributed by atoms with van der Waals surface area (Å²) >= 11 is 0. The number of nitrogens with zero attached hydrogens (tertiary/aromatic N) is 1. The van der Waals surface area contributed by atoms with Gasteiger partial charge in [-0.05, 0) is 44.0 Å². The summed E-state index contributed by atoms with van der Waals surface area (Å²) < 4.78 is 5.60. The van der Waals surface area contributed by atoms with Crippen molar-refractivity contribution in [2.24, 2.45) is 0 Å². The summed E-state index contributed by atoms with van der Waals surface area (Å²) in [6, 6.07) is 18.4. The molecule has 4 heteroatoms. The van der Waals surface area contributed by atoms with Gasteiger partial charge in [0, 0.05) is 25.3 Å². The first-order chi connectivity index (χ1) is 11.9. The number of nitrogens with one attached hydrogen (secondary N) is 1.